The van der Waals surface area contributed by atoms with Crippen LogP contribution < -0.4 is 0 Å². The molecule has 1 aromatic carbocycles. The molecule has 0 saturated heterocycles. The molecule has 0 aliphatic rings. The smallest absolute Gasteiger partial charge is 0.329 e. The predicted octanol–water partition coefficient (Wildman–Crippen LogP) is 2.35. The number of benzene rings is 1. The highest BCUT2D eigenvalue weighted by molar-refractivity contribution is 5.87. The van der Waals surface area contributed by atoms with Gasteiger partial charge in [0.05, 0.1) is 17.8 Å². The summed E-state index contributed by atoms with van der Waals surface area (Å²) in [5.41, 5.74) is 2.15. The van der Waals surface area contributed by atoms with Crippen LogP contribution in [0.1, 0.15) is 30.8 Å². The lowest BCUT2D eigenvalue weighted by atomic mass is 10.0. The lowest BCUT2D eigenvalue weighted by molar-refractivity contribution is -0.155. The number of aromatic nitrogens is 2. The summed E-state index contributed by atoms with van der Waals surface area (Å²) in [7, 11) is 1.52. The number of carboxylic acids is 1. The van der Waals surface area contributed by atoms with Crippen LogP contribution in [-0.4, -0.2) is 44.3 Å². The van der Waals surface area contributed by atoms with Crippen molar-refractivity contribution >= 4 is 11.9 Å². The molecule has 6 heteroatoms. The molecule has 1 amide bonds. The minimum absolute atomic E-state index is 0.123. The summed E-state index contributed by atoms with van der Waals surface area (Å²) in [6, 6.07) is 9.69. The minimum atomic E-state index is -1.26. The molecule has 24 heavy (non-hydrogen) atoms. The fourth-order valence-corrected chi connectivity index (χ4v) is 2.48. The maximum Gasteiger partial charge on any atom is 0.329 e. The van der Waals surface area contributed by atoms with Crippen LogP contribution in [-0.2, 0) is 16.0 Å². The highest BCUT2D eigenvalue weighted by atomic mass is 16.4. The molecule has 0 aliphatic heterocycles. The van der Waals surface area contributed by atoms with Crippen molar-refractivity contribution < 1.29 is 14.7 Å². The van der Waals surface area contributed by atoms with Gasteiger partial charge in [-0.1, -0.05) is 18.2 Å². The van der Waals surface area contributed by atoms with Gasteiger partial charge in [0.15, 0.2) is 0 Å². The molecule has 0 spiro atoms. The largest absolute Gasteiger partial charge is 0.480 e. The first-order chi connectivity index (χ1) is 11.2. The number of nitrogens with zero attached hydrogens (tertiary/aromatic N) is 3. The van der Waals surface area contributed by atoms with Gasteiger partial charge >= 0.3 is 5.97 Å². The Kier molecular flexibility index (Phi) is 4.78. The summed E-state index contributed by atoms with van der Waals surface area (Å²) in [6.45, 7) is 6.80. The van der Waals surface area contributed by atoms with E-state index in [4.69, 9.17) is 0 Å². The van der Waals surface area contributed by atoms with E-state index in [1.54, 1.807) is 4.68 Å². The van der Waals surface area contributed by atoms with Crippen molar-refractivity contribution in [2.75, 3.05) is 7.05 Å². The fraction of sp³-hybridized carbons (Fsp3) is 0.389. The van der Waals surface area contributed by atoms with E-state index in [0.29, 0.717) is 0 Å². The molecule has 1 N–H and O–H groups in total. The second kappa shape index (κ2) is 6.47. The zero-order valence-corrected chi connectivity index (χ0v) is 14.7. The Morgan fingerprint density at radius 2 is 1.79 bits per heavy atom. The molecular weight excluding hydrogens is 306 g/mol. The molecule has 0 atom stereocenters. The third-order valence-corrected chi connectivity index (χ3v) is 4.51. The van der Waals surface area contributed by atoms with Gasteiger partial charge in [0.1, 0.15) is 5.54 Å². The Morgan fingerprint density at radius 3 is 2.33 bits per heavy atom. The van der Waals surface area contributed by atoms with E-state index in [1.165, 1.54) is 25.8 Å². The molecular formula is C18H23N3O3. The van der Waals surface area contributed by atoms with Crippen LogP contribution >= 0.6 is 0 Å². The zero-order valence-electron chi connectivity index (χ0n) is 14.7. The summed E-state index contributed by atoms with van der Waals surface area (Å²) in [5.74, 6) is -1.28. The second-order valence-electron chi connectivity index (χ2n) is 6.39. The molecule has 0 saturated carbocycles. The Morgan fingerprint density at radius 1 is 1.21 bits per heavy atom. The molecule has 6 nitrogen and oxygen atoms in total. The number of rotatable bonds is 5. The Bertz CT molecular complexity index is 763. The maximum absolute atomic E-state index is 12.5. The first kappa shape index (κ1) is 17.7. The normalized spacial score (nSPS) is 11.4. The highest BCUT2D eigenvalue weighted by Crippen LogP contribution is 2.21. The summed E-state index contributed by atoms with van der Waals surface area (Å²) >= 11 is 0. The van der Waals surface area contributed by atoms with Crippen LogP contribution in [0.15, 0.2) is 30.3 Å². The van der Waals surface area contributed by atoms with E-state index in [1.807, 2.05) is 44.2 Å². The van der Waals surface area contributed by atoms with Gasteiger partial charge in [-0.2, -0.15) is 5.10 Å². The molecule has 2 rings (SSSR count). The highest BCUT2D eigenvalue weighted by Gasteiger charge is 2.35. The maximum atomic E-state index is 12.5. The van der Waals surface area contributed by atoms with Crippen molar-refractivity contribution in [2.24, 2.45) is 0 Å². The lowest BCUT2D eigenvalue weighted by Crippen LogP contribution is -2.51. The standard InChI is InChI=1S/C18H23N3O3/c1-12-15(11-16(22)20(5)18(3,4)17(23)24)13(2)21(19-12)14-9-7-6-8-10-14/h6-10H,11H2,1-5H3,(H,23,24). The average molecular weight is 329 g/mol. The predicted molar refractivity (Wildman–Crippen MR) is 91.2 cm³/mol. The summed E-state index contributed by atoms with van der Waals surface area (Å²) < 4.78 is 1.81. The van der Waals surface area contributed by atoms with Gasteiger partial charge in [0, 0.05) is 18.3 Å². The number of hydrogen-bond donors (Lipinski definition) is 1. The first-order valence-electron chi connectivity index (χ1n) is 7.76. The van der Waals surface area contributed by atoms with Gasteiger partial charge < -0.3 is 10.0 Å². The number of amides is 1. The molecule has 2 aromatic rings. The molecule has 128 valence electrons. The van der Waals surface area contributed by atoms with Gasteiger partial charge in [-0.05, 0) is 39.8 Å². The summed E-state index contributed by atoms with van der Waals surface area (Å²) in [5, 5.41) is 13.8. The quantitative estimate of drug-likeness (QED) is 0.913. The molecule has 0 radical (unpaired) electrons. The third kappa shape index (κ3) is 3.18. The van der Waals surface area contributed by atoms with Crippen molar-refractivity contribution in [3.63, 3.8) is 0 Å². The number of aryl methyl sites for hydroxylation is 1. The van der Waals surface area contributed by atoms with Crippen LogP contribution in [0.5, 0.6) is 0 Å². The fourth-order valence-electron chi connectivity index (χ4n) is 2.48. The number of carbonyl (C=O) groups is 2. The Balaban J connectivity index is 2.30. The van der Waals surface area contributed by atoms with Crippen LogP contribution in [0.2, 0.25) is 0 Å². The van der Waals surface area contributed by atoms with E-state index < -0.39 is 11.5 Å². The van der Waals surface area contributed by atoms with Gasteiger partial charge in [-0.15, -0.1) is 0 Å². The van der Waals surface area contributed by atoms with E-state index in [2.05, 4.69) is 5.10 Å². The molecule has 0 aliphatic carbocycles. The average Bonchev–Trinajstić information content (AvgIpc) is 2.82. The van der Waals surface area contributed by atoms with Crippen LogP contribution in [0.3, 0.4) is 0 Å². The van der Waals surface area contributed by atoms with Gasteiger partial charge in [-0.3, -0.25) is 4.79 Å². The monoisotopic (exact) mass is 329 g/mol. The molecule has 0 unspecified atom stereocenters. The van der Waals surface area contributed by atoms with Crippen molar-refractivity contribution in [1.29, 1.82) is 0 Å². The lowest BCUT2D eigenvalue weighted by Gasteiger charge is -2.31. The van der Waals surface area contributed by atoms with Crippen molar-refractivity contribution in [3.8, 4) is 5.69 Å². The van der Waals surface area contributed by atoms with E-state index in [9.17, 15) is 14.7 Å². The van der Waals surface area contributed by atoms with E-state index in [0.717, 1.165) is 22.6 Å². The summed E-state index contributed by atoms with van der Waals surface area (Å²) in [4.78, 5) is 25.1. The Hall–Kier alpha value is -2.63. The number of carboxylic acid groups (broad SMARTS) is 1. The number of hydrogen-bond acceptors (Lipinski definition) is 3. The van der Waals surface area contributed by atoms with Crippen molar-refractivity contribution in [3.05, 3.63) is 47.3 Å². The van der Waals surface area contributed by atoms with Gasteiger partial charge in [0.2, 0.25) is 5.91 Å². The number of carbonyl (C=O) groups excluding carboxylic acids is 1. The van der Waals surface area contributed by atoms with Crippen LogP contribution in [0, 0.1) is 13.8 Å². The number of likely N-dealkylation sites (N-methyl/N-ethyl adjacent to an activating group) is 1. The van der Waals surface area contributed by atoms with E-state index in [-0.39, 0.29) is 12.3 Å². The topological polar surface area (TPSA) is 75.4 Å². The van der Waals surface area contributed by atoms with Crippen LogP contribution in [0.4, 0.5) is 0 Å². The van der Waals surface area contributed by atoms with E-state index >= 15 is 0 Å². The SMILES string of the molecule is Cc1nn(-c2ccccc2)c(C)c1CC(=O)N(C)C(C)(C)C(=O)O. The third-order valence-electron chi connectivity index (χ3n) is 4.51. The second-order valence-corrected chi connectivity index (χ2v) is 6.39. The van der Waals surface area contributed by atoms with Gasteiger partial charge in [-0.25, -0.2) is 9.48 Å². The van der Waals surface area contributed by atoms with Crippen molar-refractivity contribution in [2.45, 2.75) is 39.7 Å². The minimum Gasteiger partial charge on any atom is -0.480 e. The zero-order chi connectivity index (χ0) is 18.1. The number of para-hydroxylation sites is 1. The first-order valence-corrected chi connectivity index (χ1v) is 7.76. The van der Waals surface area contributed by atoms with Crippen molar-refractivity contribution in [1.82, 2.24) is 14.7 Å². The molecule has 1 heterocycles. The van der Waals surface area contributed by atoms with Gasteiger partial charge in [0.25, 0.3) is 0 Å². The Labute approximate surface area is 141 Å². The summed E-state index contributed by atoms with van der Waals surface area (Å²) in [6.07, 6.45) is 0.123. The molecule has 0 fully saturated rings. The van der Waals surface area contributed by atoms with Crippen LogP contribution in [0.25, 0.3) is 5.69 Å². The molecule has 0 bridgehead atoms. The number of aliphatic carboxylic acids is 1. The molecule has 1 aromatic heterocycles.